The van der Waals surface area contributed by atoms with Gasteiger partial charge < -0.3 is 11.1 Å². The highest BCUT2D eigenvalue weighted by Crippen LogP contribution is 2.08. The predicted molar refractivity (Wildman–Crippen MR) is 46.9 cm³/mol. The maximum atomic E-state index is 5.55. The van der Waals surface area contributed by atoms with Crippen molar-refractivity contribution in [3.05, 3.63) is 5.69 Å². The van der Waals surface area contributed by atoms with Crippen LogP contribution in [0.4, 0.5) is 5.82 Å². The lowest BCUT2D eigenvalue weighted by molar-refractivity contribution is 0.223. The molecule has 2 rings (SSSR count). The molecule has 1 aromatic rings. The molecule has 0 aliphatic carbocycles. The third kappa shape index (κ3) is 1.96. The van der Waals surface area contributed by atoms with E-state index in [1.54, 1.807) is 0 Å². The normalized spacial score (nSPS) is 19.1. The van der Waals surface area contributed by atoms with E-state index in [4.69, 9.17) is 5.73 Å². The highest BCUT2D eigenvalue weighted by molar-refractivity contribution is 5.30. The molecule has 72 valence electrons. The summed E-state index contributed by atoms with van der Waals surface area (Å²) in [5.41, 5.74) is 6.29. The summed E-state index contributed by atoms with van der Waals surface area (Å²) in [5.74, 6) is 0.401. The van der Waals surface area contributed by atoms with E-state index in [1.165, 1.54) is 0 Å². The van der Waals surface area contributed by atoms with Gasteiger partial charge in [-0.1, -0.05) is 5.16 Å². The summed E-state index contributed by atoms with van der Waals surface area (Å²) in [6, 6.07) is 0. The predicted octanol–water partition coefficient (Wildman–Crippen LogP) is -0.943. The van der Waals surface area contributed by atoms with Crippen molar-refractivity contribution in [1.29, 1.82) is 0 Å². The highest BCUT2D eigenvalue weighted by atomic mass is 16.6. The number of aromatic nitrogens is 2. The molecule has 0 saturated carbocycles. The van der Waals surface area contributed by atoms with Gasteiger partial charge in [0.2, 0.25) is 0 Å². The fraction of sp³-hybridized carbons (Fsp3) is 0.714. The van der Waals surface area contributed by atoms with Crippen LogP contribution in [-0.4, -0.2) is 41.4 Å². The largest absolute Gasteiger partial charge is 0.379 e. The van der Waals surface area contributed by atoms with Gasteiger partial charge in [0, 0.05) is 32.7 Å². The Bertz CT molecular complexity index is 268. The van der Waals surface area contributed by atoms with Crippen molar-refractivity contribution in [3.63, 3.8) is 0 Å². The van der Waals surface area contributed by atoms with E-state index in [0.717, 1.165) is 38.4 Å². The fourth-order valence-electron chi connectivity index (χ4n) is 1.40. The fourth-order valence-corrected chi connectivity index (χ4v) is 1.40. The maximum Gasteiger partial charge on any atom is 0.192 e. The summed E-state index contributed by atoms with van der Waals surface area (Å²) in [7, 11) is 0. The van der Waals surface area contributed by atoms with Gasteiger partial charge in [0.25, 0.3) is 0 Å². The van der Waals surface area contributed by atoms with Gasteiger partial charge >= 0.3 is 0 Å². The van der Waals surface area contributed by atoms with Gasteiger partial charge in [-0.25, -0.2) is 4.63 Å². The Morgan fingerprint density at radius 2 is 2.15 bits per heavy atom. The molecule has 0 aromatic carbocycles. The molecule has 0 spiro atoms. The number of nitrogens with one attached hydrogen (secondary N) is 1. The van der Waals surface area contributed by atoms with Crippen LogP contribution in [-0.2, 0) is 6.54 Å². The van der Waals surface area contributed by atoms with Crippen LogP contribution in [0.15, 0.2) is 4.63 Å². The highest BCUT2D eigenvalue weighted by Gasteiger charge is 2.14. The summed E-state index contributed by atoms with van der Waals surface area (Å²) >= 11 is 0. The zero-order chi connectivity index (χ0) is 9.10. The smallest absolute Gasteiger partial charge is 0.192 e. The monoisotopic (exact) mass is 183 g/mol. The Kier molecular flexibility index (Phi) is 2.42. The lowest BCUT2D eigenvalue weighted by atomic mass is 10.3. The first-order valence-electron chi connectivity index (χ1n) is 4.36. The molecule has 1 aliphatic rings. The Morgan fingerprint density at radius 1 is 1.38 bits per heavy atom. The van der Waals surface area contributed by atoms with Gasteiger partial charge in [0.15, 0.2) is 5.82 Å². The van der Waals surface area contributed by atoms with Crippen molar-refractivity contribution in [2.45, 2.75) is 6.54 Å². The van der Waals surface area contributed by atoms with E-state index in [0.29, 0.717) is 5.82 Å². The quantitative estimate of drug-likeness (QED) is 0.615. The van der Waals surface area contributed by atoms with Crippen LogP contribution >= 0.6 is 0 Å². The summed E-state index contributed by atoms with van der Waals surface area (Å²) in [4.78, 5) is 2.27. The number of piperazine rings is 1. The topological polar surface area (TPSA) is 80.2 Å². The second-order valence-electron chi connectivity index (χ2n) is 3.12. The van der Waals surface area contributed by atoms with Crippen molar-refractivity contribution in [2.24, 2.45) is 0 Å². The van der Waals surface area contributed by atoms with Crippen LogP contribution < -0.4 is 11.1 Å². The van der Waals surface area contributed by atoms with Crippen molar-refractivity contribution < 1.29 is 4.63 Å². The summed E-state index contributed by atoms with van der Waals surface area (Å²) < 4.78 is 4.52. The number of hydrogen-bond acceptors (Lipinski definition) is 6. The molecule has 13 heavy (non-hydrogen) atoms. The molecule has 1 fully saturated rings. The second-order valence-corrected chi connectivity index (χ2v) is 3.12. The molecule has 1 aliphatic heterocycles. The van der Waals surface area contributed by atoms with E-state index in [2.05, 4.69) is 25.2 Å². The van der Waals surface area contributed by atoms with Gasteiger partial charge in [-0.3, -0.25) is 4.90 Å². The lowest BCUT2D eigenvalue weighted by Crippen LogP contribution is -2.43. The molecule has 1 saturated heterocycles. The standard InChI is InChI=1S/C7H13N5O/c8-7-6(10-13-11-7)5-12-3-1-9-2-4-12/h9H,1-5H2,(H2,8,11). The molecule has 0 unspecified atom stereocenters. The van der Waals surface area contributed by atoms with Gasteiger partial charge in [-0.2, -0.15) is 0 Å². The average Bonchev–Trinajstić information content (AvgIpc) is 2.54. The van der Waals surface area contributed by atoms with E-state index in [-0.39, 0.29) is 0 Å². The van der Waals surface area contributed by atoms with Gasteiger partial charge in [-0.05, 0) is 5.16 Å². The van der Waals surface area contributed by atoms with Crippen molar-refractivity contribution in [1.82, 2.24) is 20.5 Å². The molecule has 0 radical (unpaired) electrons. The molecule has 0 atom stereocenters. The first-order chi connectivity index (χ1) is 6.36. The first-order valence-corrected chi connectivity index (χ1v) is 4.36. The zero-order valence-electron chi connectivity index (χ0n) is 7.36. The molecule has 0 bridgehead atoms. The minimum absolute atomic E-state index is 0.401. The Morgan fingerprint density at radius 3 is 2.77 bits per heavy atom. The van der Waals surface area contributed by atoms with E-state index < -0.39 is 0 Å². The SMILES string of the molecule is Nc1nonc1CN1CCNCC1. The zero-order valence-corrected chi connectivity index (χ0v) is 7.36. The van der Waals surface area contributed by atoms with Crippen LogP contribution in [0.25, 0.3) is 0 Å². The maximum absolute atomic E-state index is 5.55. The molecular weight excluding hydrogens is 170 g/mol. The van der Waals surface area contributed by atoms with Gasteiger partial charge in [0.1, 0.15) is 5.69 Å². The molecule has 6 heteroatoms. The summed E-state index contributed by atoms with van der Waals surface area (Å²) in [5, 5.41) is 10.5. The minimum atomic E-state index is 0.401. The number of nitrogen functional groups attached to an aromatic ring is 1. The summed E-state index contributed by atoms with van der Waals surface area (Å²) in [6.45, 7) is 4.81. The average molecular weight is 183 g/mol. The molecule has 6 nitrogen and oxygen atoms in total. The van der Waals surface area contributed by atoms with E-state index >= 15 is 0 Å². The van der Waals surface area contributed by atoms with Crippen LogP contribution in [0.3, 0.4) is 0 Å². The third-order valence-electron chi connectivity index (χ3n) is 2.17. The van der Waals surface area contributed by atoms with Crippen LogP contribution in [0.1, 0.15) is 5.69 Å². The minimum Gasteiger partial charge on any atom is -0.379 e. The number of rotatable bonds is 2. The Labute approximate surface area is 76.0 Å². The van der Waals surface area contributed by atoms with Crippen molar-refractivity contribution in [3.8, 4) is 0 Å². The van der Waals surface area contributed by atoms with Gasteiger partial charge in [-0.15, -0.1) is 0 Å². The Hall–Kier alpha value is -1.14. The van der Waals surface area contributed by atoms with Crippen LogP contribution in [0.2, 0.25) is 0 Å². The van der Waals surface area contributed by atoms with Gasteiger partial charge in [0.05, 0.1) is 0 Å². The first kappa shape index (κ1) is 8.46. The molecule has 2 heterocycles. The van der Waals surface area contributed by atoms with E-state index in [1.807, 2.05) is 0 Å². The van der Waals surface area contributed by atoms with Crippen LogP contribution in [0.5, 0.6) is 0 Å². The van der Waals surface area contributed by atoms with Crippen molar-refractivity contribution in [2.75, 3.05) is 31.9 Å². The molecule has 3 N–H and O–H groups in total. The second kappa shape index (κ2) is 3.71. The van der Waals surface area contributed by atoms with Crippen molar-refractivity contribution >= 4 is 5.82 Å². The third-order valence-corrected chi connectivity index (χ3v) is 2.17. The molecule has 1 aromatic heterocycles. The number of anilines is 1. The Balaban J connectivity index is 1.93. The van der Waals surface area contributed by atoms with E-state index in [9.17, 15) is 0 Å². The molecule has 0 amide bonds. The number of nitrogens with two attached hydrogens (primary N) is 1. The lowest BCUT2D eigenvalue weighted by Gasteiger charge is -2.25. The van der Waals surface area contributed by atoms with Crippen LogP contribution in [0, 0.1) is 0 Å². The summed E-state index contributed by atoms with van der Waals surface area (Å²) in [6.07, 6.45) is 0. The molecular formula is C7H13N5O. The number of nitrogens with zero attached hydrogens (tertiary/aromatic N) is 3. The number of hydrogen-bond donors (Lipinski definition) is 2.